The van der Waals surface area contributed by atoms with Crippen LogP contribution < -0.4 is 0 Å². The van der Waals surface area contributed by atoms with Gasteiger partial charge in [-0.1, -0.05) is 0 Å². The molecular weight excluding hydrogens is 519 g/mol. The Hall–Kier alpha value is -3.39. The summed E-state index contributed by atoms with van der Waals surface area (Å²) in [5.41, 5.74) is 11.5. The molecule has 0 N–H and O–H groups in total. The third-order valence-electron chi connectivity index (χ3n) is 7.34. The minimum absolute atomic E-state index is 0.0632. The summed E-state index contributed by atoms with van der Waals surface area (Å²) < 4.78 is 4.88. The molecule has 4 aromatic rings. The van der Waals surface area contributed by atoms with Crippen LogP contribution in [0.15, 0.2) is 96.0 Å². The van der Waals surface area contributed by atoms with Gasteiger partial charge in [-0.2, -0.15) is 0 Å². The Morgan fingerprint density at radius 3 is 1.70 bits per heavy atom. The number of hydrogen-bond acceptors (Lipinski definition) is 2. The Kier molecular flexibility index (Phi) is 6.94. The quantitative estimate of drug-likeness (QED) is 0.193. The van der Waals surface area contributed by atoms with Crippen molar-refractivity contribution in [3.63, 3.8) is 0 Å². The van der Waals surface area contributed by atoms with Crippen molar-refractivity contribution in [3.05, 3.63) is 146 Å². The van der Waals surface area contributed by atoms with Crippen molar-refractivity contribution in [2.75, 3.05) is 7.11 Å². The van der Waals surface area contributed by atoms with Crippen LogP contribution >= 0.6 is 0 Å². The molecule has 3 heteroatoms. The molecule has 1 atom stereocenters. The molecule has 0 amide bonds. The van der Waals surface area contributed by atoms with Crippen LogP contribution in [0.2, 0.25) is 0 Å². The van der Waals surface area contributed by atoms with Gasteiger partial charge in [-0.3, -0.25) is 0 Å². The van der Waals surface area contributed by atoms with Gasteiger partial charge in [-0.05, 0) is 0 Å². The van der Waals surface area contributed by atoms with E-state index in [9.17, 15) is 4.79 Å². The first-order valence-corrected chi connectivity index (χ1v) is 14.5. The van der Waals surface area contributed by atoms with Crippen LogP contribution in [-0.2, 0) is 13.8 Å². The van der Waals surface area contributed by atoms with E-state index in [2.05, 4.69) is 124 Å². The SMILES string of the molecule is COC(=O)C1=C[Se]C(c2ccc(C)cc2)(C(c2ccc(C)cc2)c2ccc(C)cc2)c2ccc(C)cc21. The Bertz CT molecular complexity index is 1420. The van der Waals surface area contributed by atoms with Crippen LogP contribution in [0.3, 0.4) is 0 Å². The van der Waals surface area contributed by atoms with E-state index in [1.807, 2.05) is 0 Å². The van der Waals surface area contributed by atoms with Gasteiger partial charge in [0.2, 0.25) is 0 Å². The molecular formula is C34H32O2Se. The molecule has 1 aliphatic heterocycles. The van der Waals surface area contributed by atoms with Crippen molar-refractivity contribution in [1.82, 2.24) is 0 Å². The summed E-state index contributed by atoms with van der Waals surface area (Å²) in [6.45, 7) is 8.48. The van der Waals surface area contributed by atoms with Crippen LogP contribution in [0.4, 0.5) is 0 Å². The van der Waals surface area contributed by atoms with Crippen LogP contribution in [-0.4, -0.2) is 28.0 Å². The number of fused-ring (bicyclic) bond motifs is 1. The van der Waals surface area contributed by atoms with Crippen molar-refractivity contribution in [3.8, 4) is 0 Å². The molecule has 0 saturated heterocycles. The number of carbonyl (C=O) groups excluding carboxylic acids is 1. The van der Waals surface area contributed by atoms with Gasteiger partial charge < -0.3 is 0 Å². The molecule has 0 aromatic heterocycles. The molecule has 186 valence electrons. The summed E-state index contributed by atoms with van der Waals surface area (Å²) in [6, 6.07) is 33.5. The average molecular weight is 552 g/mol. The number of ether oxygens (including phenoxy) is 1. The van der Waals surface area contributed by atoms with E-state index in [4.69, 9.17) is 4.74 Å². The van der Waals surface area contributed by atoms with E-state index < -0.39 is 0 Å². The number of esters is 1. The van der Waals surface area contributed by atoms with Gasteiger partial charge in [0.05, 0.1) is 0 Å². The van der Waals surface area contributed by atoms with Gasteiger partial charge in [0, 0.05) is 0 Å². The van der Waals surface area contributed by atoms with Crippen LogP contribution in [0.25, 0.3) is 5.57 Å². The topological polar surface area (TPSA) is 26.3 Å². The Labute approximate surface area is 226 Å². The zero-order chi connectivity index (χ0) is 26.2. The zero-order valence-electron chi connectivity index (χ0n) is 22.0. The monoisotopic (exact) mass is 552 g/mol. The predicted octanol–water partition coefficient (Wildman–Crippen LogP) is 7.23. The predicted molar refractivity (Wildman–Crippen MR) is 153 cm³/mol. The molecule has 37 heavy (non-hydrogen) atoms. The summed E-state index contributed by atoms with van der Waals surface area (Å²) in [5.74, 6) is -0.207. The maximum atomic E-state index is 12.9. The van der Waals surface area contributed by atoms with Gasteiger partial charge in [0.15, 0.2) is 0 Å². The van der Waals surface area contributed by atoms with Crippen molar-refractivity contribution < 1.29 is 9.53 Å². The molecule has 1 heterocycles. The molecule has 0 radical (unpaired) electrons. The van der Waals surface area contributed by atoms with E-state index in [0.29, 0.717) is 5.57 Å². The fourth-order valence-electron chi connectivity index (χ4n) is 5.35. The molecule has 0 saturated carbocycles. The fraction of sp³-hybridized carbons (Fsp3) is 0.206. The second kappa shape index (κ2) is 10.2. The van der Waals surface area contributed by atoms with Gasteiger partial charge in [0.25, 0.3) is 0 Å². The number of hydrogen-bond donors (Lipinski definition) is 0. The summed E-state index contributed by atoms with van der Waals surface area (Å²) in [7, 11) is 1.47. The van der Waals surface area contributed by atoms with Gasteiger partial charge in [-0.25, -0.2) is 0 Å². The number of methoxy groups -OCH3 is 1. The van der Waals surface area contributed by atoms with Crippen LogP contribution in [0.1, 0.15) is 56.0 Å². The first kappa shape index (κ1) is 25.3. The van der Waals surface area contributed by atoms with Crippen molar-refractivity contribution in [1.29, 1.82) is 0 Å². The van der Waals surface area contributed by atoms with E-state index in [-0.39, 0.29) is 31.2 Å². The molecule has 5 rings (SSSR count). The van der Waals surface area contributed by atoms with E-state index in [0.717, 1.165) is 11.1 Å². The maximum absolute atomic E-state index is 12.9. The molecule has 1 aliphatic rings. The molecule has 1 unspecified atom stereocenters. The number of benzene rings is 4. The summed E-state index contributed by atoms with van der Waals surface area (Å²) in [6.07, 6.45) is 0. The molecule has 0 fully saturated rings. The number of carbonyl (C=O) groups is 1. The molecule has 0 aliphatic carbocycles. The van der Waals surface area contributed by atoms with E-state index in [1.165, 1.54) is 46.1 Å². The third kappa shape index (κ3) is 4.59. The van der Waals surface area contributed by atoms with Gasteiger partial charge in [0.1, 0.15) is 0 Å². The Balaban J connectivity index is 1.88. The van der Waals surface area contributed by atoms with E-state index in [1.54, 1.807) is 0 Å². The van der Waals surface area contributed by atoms with Crippen molar-refractivity contribution in [2.24, 2.45) is 0 Å². The number of rotatable bonds is 5. The second-order valence-electron chi connectivity index (χ2n) is 10.0. The second-order valence-corrected chi connectivity index (χ2v) is 12.4. The standard InChI is InChI=1S/C34H32O2Se/c1-22-6-13-26(14-7-22)32(27-15-8-23(2)9-16-27)34(28-17-10-24(3)11-18-28)31-19-12-25(4)20-29(31)30(21-37-34)33(35)36-5/h6-21,32H,1-5H3. The zero-order valence-corrected chi connectivity index (χ0v) is 23.8. The molecule has 4 aromatic carbocycles. The third-order valence-corrected chi connectivity index (χ3v) is 10.3. The van der Waals surface area contributed by atoms with E-state index >= 15 is 0 Å². The first-order chi connectivity index (χ1) is 17.8. The first-order valence-electron chi connectivity index (χ1n) is 12.6. The molecule has 2 nitrogen and oxygen atoms in total. The normalized spacial score (nSPS) is 16.8. The fourth-order valence-corrected chi connectivity index (χ4v) is 8.52. The van der Waals surface area contributed by atoms with Gasteiger partial charge in [-0.15, -0.1) is 0 Å². The minimum atomic E-state index is -0.355. The summed E-state index contributed by atoms with van der Waals surface area (Å²) in [5, 5.41) is 0. The average Bonchev–Trinajstić information content (AvgIpc) is 2.90. The number of aryl methyl sites for hydroxylation is 4. The molecule has 0 bridgehead atoms. The Morgan fingerprint density at radius 2 is 1.19 bits per heavy atom. The Morgan fingerprint density at radius 1 is 0.703 bits per heavy atom. The van der Waals surface area contributed by atoms with Gasteiger partial charge >= 0.3 is 227 Å². The van der Waals surface area contributed by atoms with Crippen molar-refractivity contribution in [2.45, 2.75) is 37.9 Å². The summed E-state index contributed by atoms with van der Waals surface area (Å²) in [4.78, 5) is 15.1. The van der Waals surface area contributed by atoms with Crippen molar-refractivity contribution >= 4 is 26.5 Å². The van der Waals surface area contributed by atoms with Crippen LogP contribution in [0.5, 0.6) is 0 Å². The summed E-state index contributed by atoms with van der Waals surface area (Å²) >= 11 is -0.0888. The van der Waals surface area contributed by atoms with Crippen LogP contribution in [0, 0.1) is 27.7 Å². The molecule has 0 spiro atoms.